The van der Waals surface area contributed by atoms with Crippen LogP contribution in [0, 0.1) is 107 Å². The Morgan fingerprint density at radius 2 is 0.554 bits per heavy atom. The highest BCUT2D eigenvalue weighted by atomic mass is 16.6. The summed E-state index contributed by atoms with van der Waals surface area (Å²) in [6, 6.07) is 0. The molecule has 30 unspecified atom stereocenters. The maximum absolute atomic E-state index is 13.1. The quantitative estimate of drug-likeness (QED) is 0.0363. The average Bonchev–Trinajstić information content (AvgIpc) is 1.58. The molecule has 39 heteroatoms. The van der Waals surface area contributed by atoms with E-state index in [2.05, 4.69) is 0 Å². The second-order valence-electron chi connectivity index (χ2n) is 37.4. The van der Waals surface area contributed by atoms with E-state index in [1.807, 2.05) is 0 Å². The van der Waals surface area contributed by atoms with Crippen molar-refractivity contribution in [1.82, 2.24) is 41.1 Å². The first-order valence-electron chi connectivity index (χ1n) is 43.9. The van der Waals surface area contributed by atoms with Gasteiger partial charge in [0.25, 0.3) is 0 Å². The number of aromatic nitrogens is 9. The summed E-state index contributed by atoms with van der Waals surface area (Å²) in [5.41, 5.74) is -7.91. The molecular weight excluding hydrogens is 1590 g/mol. The van der Waals surface area contributed by atoms with Crippen molar-refractivity contribution in [3.63, 3.8) is 0 Å². The van der Waals surface area contributed by atoms with Gasteiger partial charge in [-0.05, 0) is 186 Å². The molecule has 3 aromatic rings. The predicted octanol–water partition coefficient (Wildman–Crippen LogP) is -1.95. The van der Waals surface area contributed by atoms with E-state index in [9.17, 15) is 86.9 Å². The number of carbonyl (C=O) groups is 7. The normalized spacial score (nSPS) is 37.1. The van der Waals surface area contributed by atoms with Gasteiger partial charge in [-0.25, -0.2) is 84.3 Å². The lowest BCUT2D eigenvalue weighted by Crippen LogP contribution is -2.55. The number of hydrogen-bond acceptors (Lipinski definition) is 29. The molecule has 6 saturated heterocycles. The van der Waals surface area contributed by atoms with Crippen molar-refractivity contribution in [1.29, 1.82) is 0 Å². The van der Waals surface area contributed by atoms with Crippen LogP contribution in [0.4, 0.5) is 0 Å². The van der Waals surface area contributed by atoms with Crippen molar-refractivity contribution in [2.75, 3.05) is 46.2 Å². The Morgan fingerprint density at radius 3 is 0.802 bits per heavy atom. The van der Waals surface area contributed by atoms with Crippen LogP contribution in [0.5, 0.6) is 0 Å². The van der Waals surface area contributed by atoms with Crippen LogP contribution in [0.15, 0.2) is 43.2 Å². The second kappa shape index (κ2) is 32.7. The number of aliphatic carboxylic acids is 1. The van der Waals surface area contributed by atoms with Gasteiger partial charge in [0.05, 0.1) is 138 Å². The van der Waals surface area contributed by atoms with E-state index in [1.165, 1.54) is 7.05 Å². The molecule has 2 N–H and O–H groups in total. The third-order valence-corrected chi connectivity index (χ3v) is 30.6. The summed E-state index contributed by atoms with van der Waals surface area (Å²) in [5.74, 6) is 2.47. The highest BCUT2D eigenvalue weighted by Gasteiger charge is 2.69. The van der Waals surface area contributed by atoms with Gasteiger partial charge in [0, 0.05) is 70.7 Å². The molecule has 9 heterocycles. The molecule has 30 atom stereocenters. The molecule has 0 spiro atoms. The largest absolute Gasteiger partial charge is 0.480 e. The minimum absolute atomic E-state index is 0.0241. The van der Waals surface area contributed by atoms with Crippen molar-refractivity contribution in [2.45, 2.75) is 254 Å². The first-order valence-corrected chi connectivity index (χ1v) is 43.9. The fraction of sp³-hybridized carbons (Fsp3) is 0.805. The molecule has 12 bridgehead atoms. The molecule has 0 radical (unpaired) electrons. The van der Waals surface area contributed by atoms with Crippen molar-refractivity contribution in [3.05, 3.63) is 94.4 Å². The molecule has 39 nitrogen and oxygen atoms in total. The van der Waals surface area contributed by atoms with Crippen LogP contribution in [-0.2, 0) is 150 Å². The number of carboxylic acids is 1. The Bertz CT molecular complexity index is 4940. The summed E-state index contributed by atoms with van der Waals surface area (Å²) in [4.78, 5) is 202. The van der Waals surface area contributed by atoms with Crippen molar-refractivity contribution in [3.8, 4) is 0 Å². The fourth-order valence-corrected chi connectivity index (χ4v) is 24.6. The van der Waals surface area contributed by atoms with Crippen LogP contribution in [0.1, 0.15) is 128 Å². The van der Waals surface area contributed by atoms with Crippen LogP contribution in [0.2, 0.25) is 0 Å². The topological polar surface area (TPSA) is 489 Å². The first-order chi connectivity index (χ1) is 58.4. The third-order valence-electron chi connectivity index (χ3n) is 30.6. The monoisotopic (exact) mass is 1700 g/mol. The highest BCUT2D eigenvalue weighted by molar-refractivity contribution is 5.75. The van der Waals surface area contributed by atoms with Gasteiger partial charge in [-0.15, -0.1) is 0 Å². The molecule has 21 rings (SSSR count). The van der Waals surface area contributed by atoms with Crippen molar-refractivity contribution >= 4 is 41.8 Å². The van der Waals surface area contributed by atoms with Gasteiger partial charge in [0.2, 0.25) is 0 Å². The lowest BCUT2D eigenvalue weighted by Gasteiger charge is -2.19. The molecule has 6 aliphatic heterocycles. The number of ether oxygens (including phenoxy) is 12. The summed E-state index contributed by atoms with van der Waals surface area (Å²) in [7, 11) is 1.28. The molecule has 12 aliphatic carbocycles. The summed E-state index contributed by atoms with van der Waals surface area (Å²) in [5, 5.41) is 18.6. The van der Waals surface area contributed by atoms with Crippen molar-refractivity contribution in [2.24, 2.45) is 114 Å². The number of fused-ring (bicyclic) bond motifs is 30. The first kappa shape index (κ1) is 81.9. The Labute approximate surface area is 688 Å². The van der Waals surface area contributed by atoms with E-state index >= 15 is 0 Å². The summed E-state index contributed by atoms with van der Waals surface area (Å²) in [6.07, 6.45) is 16.5. The van der Waals surface area contributed by atoms with Gasteiger partial charge in [0.1, 0.15) is 19.8 Å². The van der Waals surface area contributed by atoms with Gasteiger partial charge < -0.3 is 67.1 Å². The Morgan fingerprint density at radius 1 is 0.306 bits per heavy atom. The minimum Gasteiger partial charge on any atom is -0.480 e. The van der Waals surface area contributed by atoms with Gasteiger partial charge in [-0.1, -0.05) is 0 Å². The Kier molecular flexibility index (Phi) is 22.1. The predicted molar refractivity (Wildman–Crippen MR) is 406 cm³/mol. The molecule has 0 aromatic carbocycles. The van der Waals surface area contributed by atoms with E-state index < -0.39 is 94.2 Å². The van der Waals surface area contributed by atoms with E-state index in [-0.39, 0.29) is 158 Å². The zero-order chi connectivity index (χ0) is 84.0. The van der Waals surface area contributed by atoms with E-state index in [4.69, 9.17) is 56.8 Å². The lowest BCUT2D eigenvalue weighted by molar-refractivity contribution is -0.151. The number of epoxide rings is 6. The van der Waals surface area contributed by atoms with Gasteiger partial charge in [0.15, 0.2) is 0 Å². The average molecular weight is 1700 g/mol. The zero-order valence-electron chi connectivity index (χ0n) is 67.4. The van der Waals surface area contributed by atoms with Crippen LogP contribution in [-0.4, -0.2) is 213 Å². The maximum atomic E-state index is 13.1. The third kappa shape index (κ3) is 15.8. The van der Waals surface area contributed by atoms with Gasteiger partial charge in [-0.2, -0.15) is 0 Å². The smallest absolute Gasteiger partial charge is 0.336 e. The van der Waals surface area contributed by atoms with Gasteiger partial charge >= 0.3 is 93.0 Å². The summed E-state index contributed by atoms with van der Waals surface area (Å²) >= 11 is 0. The number of aliphatic hydroxyl groups is 1. The van der Waals surface area contributed by atoms with Gasteiger partial charge in [-0.3, -0.25) is 33.6 Å². The minimum atomic E-state index is -1.42. The number of rotatable bonds is 36. The van der Waals surface area contributed by atoms with E-state index in [0.29, 0.717) is 175 Å². The number of carboxylic acid groups (broad SMARTS) is 1. The number of hydrogen-bond donors (Lipinski definition) is 2. The Hall–Kier alpha value is -8.76. The summed E-state index contributed by atoms with van der Waals surface area (Å²) in [6.45, 7) is -1.51. The number of nitrogens with zero attached hydrogens (tertiary/aromatic N) is 9. The maximum Gasteiger partial charge on any atom is 0.336 e. The zero-order valence-corrected chi connectivity index (χ0v) is 67.4. The standard InChI is InChI=1S/C29H37N3O11.C29H39N3O10.C24H29N3O9/c33-20(34)11-32-28(38)30(5-1-3-21(35)40-12-16-7-14-9-18(16)25-23(14)42-25)27(37)31(29(32)39)6-2-4-22(36)41-13-17-8-15-10-19(17)26-24(15)43-26;33-8-7-32-28(37)30(5-1-3-21(34)39-13-17-9-15-11-19(17)25-23(15)41-25)27(36)31(29(32)38)6-2-4-22(35)40-14-18-10-16-12-20(18)26-24(16)42-26;1-25-22(30)26(2-4-33-20(28)14-8-10-6-12(14)18-16(10)35-18)24(32)27(23(25)31)3-5-34-21(29)15-9-11-7-13(15)19-17(11)36-19/h14-19,23-26H,1-13H2,(H,33,34);15-20,23-26,33H,1-14H2;10-19H,2-9H2,1H3. The van der Waals surface area contributed by atoms with Crippen LogP contribution in [0.3, 0.4) is 0 Å². The number of carbonyl (C=O) groups excluding carboxylic acids is 6. The molecule has 18 fully saturated rings. The molecule has 121 heavy (non-hydrogen) atoms. The lowest BCUT2D eigenvalue weighted by atomic mass is 9.89. The number of esters is 6. The van der Waals surface area contributed by atoms with Crippen molar-refractivity contribution < 1.29 is 101 Å². The van der Waals surface area contributed by atoms with Crippen LogP contribution >= 0.6 is 0 Å². The molecule has 3 aromatic heterocycles. The highest BCUT2D eigenvalue weighted by Crippen LogP contribution is 2.63. The molecule has 18 aliphatic rings. The van der Waals surface area contributed by atoms with Crippen LogP contribution in [0.25, 0.3) is 0 Å². The van der Waals surface area contributed by atoms with E-state index in [0.717, 1.165) is 114 Å². The second-order valence-corrected chi connectivity index (χ2v) is 37.4. The number of aliphatic hydroxyl groups excluding tert-OH is 1. The van der Waals surface area contributed by atoms with Crippen LogP contribution < -0.4 is 51.2 Å². The molecule has 658 valence electrons. The van der Waals surface area contributed by atoms with E-state index in [1.54, 1.807) is 0 Å². The SMILES string of the molecule is Cn1c(=O)n(CCOC(=O)C2CC3CC2C2OC32)c(=O)n(CCOC(=O)C2CC3CC2C2OC32)c1=O.O=C(CCCn1c(=O)n(CCO)c(=O)n(CCCC(=O)OCC2CC3CC2C2OC32)c1=O)OCC1CC2CC1C1OC21.O=C(O)Cn1c(=O)n(CCCC(=O)OCC2CC3CC2C2OC32)c(=O)n(CCCC(=O)OCC2CC3CC2C2OC32)c1=O. The molecule has 12 saturated carbocycles. The fourth-order valence-electron chi connectivity index (χ4n) is 24.6. The molecular formula is C82H105N9O30. The Balaban J connectivity index is 0.000000120. The molecule has 0 amide bonds. The summed E-state index contributed by atoms with van der Waals surface area (Å²) < 4.78 is 73.7.